The minimum atomic E-state index is -1.08. The Hall–Kier alpha value is -0.960. The Morgan fingerprint density at radius 3 is 2.62 bits per heavy atom. The molecule has 80 valence electrons. The molecule has 1 nitrogen and oxygen atoms in total. The van der Waals surface area contributed by atoms with Gasteiger partial charge in [-0.05, 0) is 12.1 Å². The highest BCUT2D eigenvalue weighted by molar-refractivity contribution is 7.91. The fraction of sp³-hybridized carbons (Fsp3) is 0.0769. The van der Waals surface area contributed by atoms with Crippen LogP contribution in [0.5, 0.6) is 0 Å². The summed E-state index contributed by atoms with van der Waals surface area (Å²) in [6.45, 7) is 0. The SMILES string of the molecule is [O-][S+]1c2ccccc2Cc2ccc(Cl)cc21. The quantitative estimate of drug-likeness (QED) is 0.656. The molecule has 16 heavy (non-hydrogen) atoms. The van der Waals surface area contributed by atoms with Gasteiger partial charge in [0.1, 0.15) is 0 Å². The van der Waals surface area contributed by atoms with Gasteiger partial charge in [0.25, 0.3) is 0 Å². The second-order valence-electron chi connectivity index (χ2n) is 3.81. The zero-order valence-electron chi connectivity index (χ0n) is 8.44. The minimum Gasteiger partial charge on any atom is -0.606 e. The standard InChI is InChI=1S/C13H9ClOS/c14-11-6-5-10-7-9-3-1-2-4-12(9)16(15)13(10)8-11/h1-6,8H,7H2. The van der Waals surface area contributed by atoms with Crippen LogP contribution in [0.1, 0.15) is 11.1 Å². The largest absolute Gasteiger partial charge is 0.606 e. The normalized spacial score (nSPS) is 17.8. The summed E-state index contributed by atoms with van der Waals surface area (Å²) in [5.41, 5.74) is 2.26. The van der Waals surface area contributed by atoms with Crippen molar-refractivity contribution in [2.75, 3.05) is 0 Å². The van der Waals surface area contributed by atoms with Gasteiger partial charge in [0.15, 0.2) is 9.79 Å². The van der Waals surface area contributed by atoms with E-state index in [4.69, 9.17) is 11.6 Å². The van der Waals surface area contributed by atoms with Crippen molar-refractivity contribution < 1.29 is 4.55 Å². The average Bonchev–Trinajstić information content (AvgIpc) is 2.31. The highest BCUT2D eigenvalue weighted by Crippen LogP contribution is 2.35. The molecule has 0 saturated heterocycles. The highest BCUT2D eigenvalue weighted by Gasteiger charge is 2.27. The van der Waals surface area contributed by atoms with Crippen LogP contribution in [-0.4, -0.2) is 4.55 Å². The second kappa shape index (κ2) is 3.81. The lowest BCUT2D eigenvalue weighted by molar-refractivity contribution is 0.590. The van der Waals surface area contributed by atoms with Crippen LogP contribution in [0, 0.1) is 0 Å². The Morgan fingerprint density at radius 2 is 1.75 bits per heavy atom. The molecule has 0 spiro atoms. The first-order valence-corrected chi connectivity index (χ1v) is 6.56. The molecule has 3 heteroatoms. The lowest BCUT2D eigenvalue weighted by atomic mass is 10.0. The molecule has 0 fully saturated rings. The molecule has 1 unspecified atom stereocenters. The summed E-state index contributed by atoms with van der Waals surface area (Å²) in [6.07, 6.45) is 0.842. The van der Waals surface area contributed by atoms with E-state index in [0.717, 1.165) is 27.3 Å². The van der Waals surface area contributed by atoms with Crippen LogP contribution in [0.4, 0.5) is 0 Å². The molecule has 3 rings (SSSR count). The van der Waals surface area contributed by atoms with Crippen molar-refractivity contribution >= 4 is 22.8 Å². The van der Waals surface area contributed by atoms with Gasteiger partial charge in [-0.15, -0.1) is 0 Å². The maximum absolute atomic E-state index is 12.3. The van der Waals surface area contributed by atoms with Crippen molar-refractivity contribution in [3.63, 3.8) is 0 Å². The van der Waals surface area contributed by atoms with Crippen LogP contribution in [0.25, 0.3) is 0 Å². The Kier molecular flexibility index (Phi) is 2.43. The zero-order chi connectivity index (χ0) is 11.1. The maximum Gasteiger partial charge on any atom is 0.163 e. The predicted octanol–water partition coefficient (Wildman–Crippen LogP) is 3.41. The second-order valence-corrected chi connectivity index (χ2v) is 5.66. The summed E-state index contributed by atoms with van der Waals surface area (Å²) < 4.78 is 12.3. The van der Waals surface area contributed by atoms with E-state index in [1.807, 2.05) is 42.5 Å². The lowest BCUT2D eigenvalue weighted by Gasteiger charge is -2.21. The van der Waals surface area contributed by atoms with E-state index in [1.54, 1.807) is 0 Å². The third-order valence-electron chi connectivity index (χ3n) is 2.78. The molecule has 1 atom stereocenters. The van der Waals surface area contributed by atoms with Gasteiger partial charge in [0.05, 0.1) is 0 Å². The van der Waals surface area contributed by atoms with E-state index in [0.29, 0.717) is 5.02 Å². The van der Waals surface area contributed by atoms with Crippen molar-refractivity contribution in [2.24, 2.45) is 0 Å². The topological polar surface area (TPSA) is 23.1 Å². The van der Waals surface area contributed by atoms with Gasteiger partial charge in [-0.25, -0.2) is 0 Å². The Balaban J connectivity index is 2.19. The average molecular weight is 249 g/mol. The Bertz CT molecular complexity index is 553. The smallest absolute Gasteiger partial charge is 0.163 e. The number of hydrogen-bond donors (Lipinski definition) is 0. The van der Waals surface area contributed by atoms with Crippen molar-refractivity contribution in [1.82, 2.24) is 0 Å². The van der Waals surface area contributed by atoms with Gasteiger partial charge in [0.2, 0.25) is 0 Å². The van der Waals surface area contributed by atoms with E-state index >= 15 is 0 Å². The zero-order valence-corrected chi connectivity index (χ0v) is 10.0. The Morgan fingerprint density at radius 1 is 1.00 bits per heavy atom. The van der Waals surface area contributed by atoms with Gasteiger partial charge in [-0.3, -0.25) is 0 Å². The molecule has 1 heterocycles. The molecule has 0 bridgehead atoms. The van der Waals surface area contributed by atoms with Crippen LogP contribution >= 0.6 is 11.6 Å². The highest BCUT2D eigenvalue weighted by atomic mass is 35.5. The molecular weight excluding hydrogens is 240 g/mol. The molecule has 0 N–H and O–H groups in total. The Labute approximate surface area is 102 Å². The van der Waals surface area contributed by atoms with E-state index < -0.39 is 11.2 Å². The van der Waals surface area contributed by atoms with E-state index in [-0.39, 0.29) is 0 Å². The number of fused-ring (bicyclic) bond motifs is 2. The summed E-state index contributed by atoms with van der Waals surface area (Å²) in [7, 11) is 0. The van der Waals surface area contributed by atoms with Crippen LogP contribution in [0.3, 0.4) is 0 Å². The molecular formula is C13H9ClOS. The summed E-state index contributed by atoms with van der Waals surface area (Å²) in [4.78, 5) is 1.77. The lowest BCUT2D eigenvalue weighted by Crippen LogP contribution is -2.14. The van der Waals surface area contributed by atoms with Gasteiger partial charge in [-0.2, -0.15) is 0 Å². The van der Waals surface area contributed by atoms with E-state index in [1.165, 1.54) is 0 Å². The van der Waals surface area contributed by atoms with Crippen molar-refractivity contribution in [1.29, 1.82) is 0 Å². The van der Waals surface area contributed by atoms with Gasteiger partial charge in [-0.1, -0.05) is 35.9 Å². The summed E-state index contributed by atoms with van der Waals surface area (Å²) in [5, 5.41) is 0.645. The van der Waals surface area contributed by atoms with E-state index in [9.17, 15) is 4.55 Å². The molecule has 0 aromatic heterocycles. The van der Waals surface area contributed by atoms with Crippen molar-refractivity contribution in [3.05, 3.63) is 58.6 Å². The van der Waals surface area contributed by atoms with Crippen molar-refractivity contribution in [3.8, 4) is 0 Å². The summed E-state index contributed by atoms with van der Waals surface area (Å²) in [6, 6.07) is 13.5. The molecule has 2 aromatic rings. The monoisotopic (exact) mass is 248 g/mol. The van der Waals surface area contributed by atoms with Crippen LogP contribution in [0.2, 0.25) is 5.02 Å². The number of rotatable bonds is 0. The molecule has 0 saturated carbocycles. The molecule has 0 aliphatic carbocycles. The fourth-order valence-electron chi connectivity index (χ4n) is 2.00. The van der Waals surface area contributed by atoms with Crippen LogP contribution in [-0.2, 0) is 17.6 Å². The summed E-state index contributed by atoms with van der Waals surface area (Å²) in [5.74, 6) is 0. The minimum absolute atomic E-state index is 0.645. The fourth-order valence-corrected chi connectivity index (χ4v) is 3.67. The van der Waals surface area contributed by atoms with Gasteiger partial charge < -0.3 is 4.55 Å². The summed E-state index contributed by atoms with van der Waals surface area (Å²) >= 11 is 4.85. The molecule has 1 aliphatic rings. The first kappa shape index (κ1) is 10.2. The first-order valence-electron chi connectivity index (χ1n) is 5.04. The van der Waals surface area contributed by atoms with Crippen LogP contribution < -0.4 is 0 Å². The molecule has 2 aromatic carbocycles. The molecule has 0 amide bonds. The number of benzene rings is 2. The van der Waals surface area contributed by atoms with Crippen LogP contribution in [0.15, 0.2) is 52.3 Å². The van der Waals surface area contributed by atoms with E-state index in [2.05, 4.69) is 0 Å². The van der Waals surface area contributed by atoms with Gasteiger partial charge >= 0.3 is 0 Å². The third-order valence-corrected chi connectivity index (χ3v) is 4.59. The molecule has 0 radical (unpaired) electrons. The maximum atomic E-state index is 12.3. The van der Waals surface area contributed by atoms with Crippen molar-refractivity contribution in [2.45, 2.75) is 16.2 Å². The first-order chi connectivity index (χ1) is 7.75. The van der Waals surface area contributed by atoms with Gasteiger partial charge in [0, 0.05) is 39.8 Å². The predicted molar refractivity (Wildman–Crippen MR) is 65.4 cm³/mol. The third kappa shape index (κ3) is 1.54. The number of halogens is 1. The number of hydrogen-bond acceptors (Lipinski definition) is 1. The molecule has 1 aliphatic heterocycles.